The Morgan fingerprint density at radius 3 is 1.45 bits per heavy atom. The van der Waals surface area contributed by atoms with E-state index in [0.29, 0.717) is 32.5 Å². The number of nitrogens with one attached hydrogen (secondary N) is 3. The Kier molecular flexibility index (Phi) is 21.8. The van der Waals surface area contributed by atoms with E-state index in [1.165, 1.54) is 12.7 Å². The third kappa shape index (κ3) is 15.8. The van der Waals surface area contributed by atoms with Crippen LogP contribution in [0.25, 0.3) is 55.8 Å². The van der Waals surface area contributed by atoms with Crippen LogP contribution in [0.5, 0.6) is 0 Å². The van der Waals surface area contributed by atoms with Gasteiger partial charge in [-0.3, -0.25) is 19.0 Å². The van der Waals surface area contributed by atoms with Gasteiger partial charge >= 0.3 is 29.6 Å². The fourth-order valence-electron chi connectivity index (χ4n) is 7.85. The molecule has 0 fully saturated rings. The molecular formula is C57H59BCl2N14NaO5S2. The molecule has 0 aliphatic carbocycles. The van der Waals surface area contributed by atoms with E-state index in [-0.39, 0.29) is 51.0 Å². The molecule has 0 aliphatic heterocycles. The quantitative estimate of drug-likeness (QED) is 0.0688. The number of carbonyl (C=O) groups excluding carboxylic acids is 2. The summed E-state index contributed by atoms with van der Waals surface area (Å²) in [5, 5.41) is 31.1. The van der Waals surface area contributed by atoms with Crippen LogP contribution in [0.3, 0.4) is 0 Å². The first-order valence-corrected chi connectivity index (χ1v) is 27.8. The number of hydrogen-bond acceptors (Lipinski definition) is 11. The first kappa shape index (κ1) is 64.2. The van der Waals surface area contributed by atoms with Crippen LogP contribution in [-0.4, -0.2) is 105 Å². The monoisotopic (exact) mass is 1190 g/mol. The molecule has 3 unspecified atom stereocenters. The molecule has 4 N–H and O–H groups in total. The first-order chi connectivity index (χ1) is 38.2. The standard InChI is InChI=1S/C28H28ClN7O2S.C28H26ClN7O2S.CH4O.B.Na.H/c2*1-28(2,3)39(38)34-26(19-5-9-22(29)10-6-19)27(37)33-23-11-7-18(8-12-23)25-24-13-20(16-36(24)32-17-30-25)21-14-31-35(4)15-21;1-2;;;/h5-17,26,34H,1-4H3,(H,33,37);5-17H,1-4H3,(H,33,37);2H,1H3;;;/q;;;;+1;-1. The maximum atomic E-state index is 13.4. The maximum Gasteiger partial charge on any atom is 1.00 e. The summed E-state index contributed by atoms with van der Waals surface area (Å²) < 4.78 is 38.8. The Morgan fingerprint density at radius 2 is 1.04 bits per heavy atom. The van der Waals surface area contributed by atoms with Crippen molar-refractivity contribution in [3.63, 3.8) is 0 Å². The Hall–Kier alpha value is -6.99. The van der Waals surface area contributed by atoms with Gasteiger partial charge in [-0.2, -0.15) is 24.8 Å². The van der Waals surface area contributed by atoms with E-state index in [4.69, 9.17) is 28.3 Å². The van der Waals surface area contributed by atoms with E-state index < -0.39 is 43.4 Å². The van der Waals surface area contributed by atoms with E-state index in [1.54, 1.807) is 106 Å². The zero-order valence-electron chi connectivity index (χ0n) is 47.7. The number of anilines is 2. The average molecular weight is 1190 g/mol. The van der Waals surface area contributed by atoms with Gasteiger partial charge in [-0.25, -0.2) is 32.1 Å². The molecule has 19 nitrogen and oxygen atoms in total. The molecule has 3 atom stereocenters. The molecule has 0 saturated carbocycles. The second-order valence-electron chi connectivity index (χ2n) is 20.0. The fraction of sp³-hybridized carbons (Fsp3) is 0.211. The Labute approximate surface area is 515 Å². The van der Waals surface area contributed by atoms with Gasteiger partial charge in [0.05, 0.1) is 55.3 Å². The number of carbonyl (C=O) groups is 2. The van der Waals surface area contributed by atoms with Gasteiger partial charge < -0.3 is 17.2 Å². The fourth-order valence-corrected chi connectivity index (χ4v) is 9.54. The van der Waals surface area contributed by atoms with Crippen LogP contribution in [0.4, 0.5) is 11.4 Å². The van der Waals surface area contributed by atoms with Crippen LogP contribution in [0, 0.1) is 0 Å². The Morgan fingerprint density at radius 1 is 0.598 bits per heavy atom. The summed E-state index contributed by atoms with van der Waals surface area (Å²) in [7, 11) is 1.65. The van der Waals surface area contributed by atoms with Crippen molar-refractivity contribution >= 4 is 93.5 Å². The largest absolute Gasteiger partial charge is 1.00 e. The van der Waals surface area contributed by atoms with Gasteiger partial charge in [-0.05, 0) is 108 Å². The molecule has 6 heterocycles. The van der Waals surface area contributed by atoms with Gasteiger partial charge in [0.1, 0.15) is 35.4 Å². The maximum absolute atomic E-state index is 13.4. The second-order valence-corrected chi connectivity index (χ2v) is 24.8. The van der Waals surface area contributed by atoms with Crippen molar-refractivity contribution in [3.8, 4) is 44.8 Å². The molecule has 417 valence electrons. The van der Waals surface area contributed by atoms with Gasteiger partial charge in [0.25, 0.3) is 5.91 Å². The van der Waals surface area contributed by atoms with Gasteiger partial charge in [-0.1, -0.05) is 71.7 Å². The molecule has 0 aliphatic rings. The van der Waals surface area contributed by atoms with Crippen LogP contribution in [-0.2, 0) is 45.7 Å². The third-order valence-electron chi connectivity index (χ3n) is 12.0. The summed E-state index contributed by atoms with van der Waals surface area (Å²) in [6.07, 6.45) is 14.4. The van der Waals surface area contributed by atoms with Crippen molar-refractivity contribution in [2.24, 2.45) is 18.5 Å². The topological polar surface area (TPSA) is 233 Å². The summed E-state index contributed by atoms with van der Waals surface area (Å²) in [4.78, 5) is 35.7. The summed E-state index contributed by atoms with van der Waals surface area (Å²) >= 11 is 12.1. The summed E-state index contributed by atoms with van der Waals surface area (Å²) in [5.74, 6) is -0.806. The van der Waals surface area contributed by atoms with Crippen LogP contribution in [0.2, 0.25) is 10.0 Å². The smallest absolute Gasteiger partial charge is 1.00 e. The predicted molar refractivity (Wildman–Crippen MR) is 325 cm³/mol. The molecule has 0 bridgehead atoms. The normalized spacial score (nSPS) is 12.6. The number of benzene rings is 4. The van der Waals surface area contributed by atoms with E-state index in [1.807, 2.05) is 114 Å². The van der Waals surface area contributed by atoms with Crippen LogP contribution in [0.1, 0.15) is 60.1 Å². The molecule has 10 rings (SSSR count). The minimum absolute atomic E-state index is 0. The van der Waals surface area contributed by atoms with E-state index in [0.717, 1.165) is 62.9 Å². The summed E-state index contributed by atoms with van der Waals surface area (Å²) in [6, 6.07) is 31.6. The first-order valence-electron chi connectivity index (χ1n) is 24.8. The van der Waals surface area contributed by atoms with Crippen molar-refractivity contribution in [1.29, 1.82) is 0 Å². The number of halogens is 2. The van der Waals surface area contributed by atoms with E-state index >= 15 is 0 Å². The molecule has 6 aromatic heterocycles. The Bertz CT molecular complexity index is 3900. The molecule has 25 heteroatoms. The predicted octanol–water partition coefficient (Wildman–Crippen LogP) is 6.87. The molecule has 0 saturated heterocycles. The number of hydrogen-bond donors (Lipinski definition) is 4. The average Bonchev–Trinajstić information content (AvgIpc) is 4.45. The number of aryl methyl sites for hydroxylation is 2. The zero-order chi connectivity index (χ0) is 57.5. The number of aromatic nitrogens is 10. The molecule has 10 aromatic rings. The molecule has 4 aromatic carbocycles. The van der Waals surface area contributed by atoms with Crippen molar-refractivity contribution in [3.05, 3.63) is 180 Å². The van der Waals surface area contributed by atoms with Gasteiger partial charge in [0.15, 0.2) is 0 Å². The number of amides is 2. The van der Waals surface area contributed by atoms with Crippen molar-refractivity contribution < 1.29 is 54.1 Å². The van der Waals surface area contributed by atoms with Crippen LogP contribution < -0.4 is 44.9 Å². The molecule has 2 amide bonds. The second kappa shape index (κ2) is 27.9. The Balaban J connectivity index is 0.000000285. The van der Waals surface area contributed by atoms with Gasteiger partial charge in [0.2, 0.25) is 5.91 Å². The third-order valence-corrected chi connectivity index (χ3v) is 15.5. The van der Waals surface area contributed by atoms with Gasteiger partial charge in [0, 0.05) is 115 Å². The number of aliphatic hydroxyl groups is 1. The van der Waals surface area contributed by atoms with Gasteiger partial charge in [-0.15, -0.1) is 0 Å². The van der Waals surface area contributed by atoms with Crippen molar-refractivity contribution in [2.75, 3.05) is 17.7 Å². The molecular weight excluding hydrogens is 1130 g/mol. The summed E-state index contributed by atoms with van der Waals surface area (Å²) in [5.41, 5.74) is 11.3. The zero-order valence-corrected chi connectivity index (χ0v) is 51.9. The van der Waals surface area contributed by atoms with Crippen LogP contribution >= 0.6 is 23.2 Å². The van der Waals surface area contributed by atoms with Crippen molar-refractivity contribution in [2.45, 2.75) is 57.1 Å². The van der Waals surface area contributed by atoms with Crippen molar-refractivity contribution in [1.82, 2.24) is 53.5 Å². The molecule has 3 radical (unpaired) electrons. The van der Waals surface area contributed by atoms with Crippen LogP contribution in [0.15, 0.2) is 163 Å². The minimum Gasteiger partial charge on any atom is -1.00 e. The van der Waals surface area contributed by atoms with E-state index in [2.05, 4.69) is 50.1 Å². The number of nitrogens with zero attached hydrogens (tertiary/aromatic N) is 11. The molecule has 82 heavy (non-hydrogen) atoms. The molecule has 0 spiro atoms. The minimum atomic E-state index is -1.63. The van der Waals surface area contributed by atoms with E-state index in [9.17, 15) is 18.0 Å². The number of aliphatic hydroxyl groups excluding tert-OH is 1. The summed E-state index contributed by atoms with van der Waals surface area (Å²) in [6.45, 7) is 11.0. The number of fused-ring (bicyclic) bond motifs is 2. The number of rotatable bonds is 13. The SMILES string of the molecule is CO.Cn1cc(-c2cc3c(-c4ccc(NC(=O)C(=NS(=O)C(C)(C)C)c5ccc(Cl)cc5)cc4)ncnn3c2)cn1.Cn1cc(-c2cc3c(-c4ccc(NC(=O)C(NS(=O)C(C)(C)C)c5ccc(Cl)cc5)cc4)ncnn3c2)cn1.[B].[H-].[Na+].